The number of nitrogens with zero attached hydrogens (tertiary/aromatic N) is 2. The smallest absolute Gasteiger partial charge is 0.404 e. The molecule has 38 heavy (non-hydrogen) atoms. The lowest BCUT2D eigenvalue weighted by Crippen LogP contribution is -2.45. The van der Waals surface area contributed by atoms with Gasteiger partial charge < -0.3 is 14.5 Å². The number of carbonyl (C=O) groups excluding carboxylic acids is 2. The molecule has 1 heterocycles. The van der Waals surface area contributed by atoms with Gasteiger partial charge in [-0.1, -0.05) is 55.8 Å². The fraction of sp³-hybridized carbons (Fsp3) is 0.517. The zero-order chi connectivity index (χ0) is 28.0. The maximum Gasteiger partial charge on any atom is 0.404 e. The van der Waals surface area contributed by atoms with Crippen molar-refractivity contribution in [2.45, 2.75) is 45.2 Å². The van der Waals surface area contributed by atoms with E-state index in [9.17, 15) is 22.8 Å². The van der Waals surface area contributed by atoms with E-state index in [1.807, 2.05) is 0 Å². The topological polar surface area (TPSA) is 49.9 Å². The summed E-state index contributed by atoms with van der Waals surface area (Å²) in [6.07, 6.45) is -2.39. The van der Waals surface area contributed by atoms with Gasteiger partial charge in [0.2, 0.25) is 5.91 Å². The molecule has 1 aliphatic heterocycles. The van der Waals surface area contributed by atoms with Crippen molar-refractivity contribution in [3.63, 3.8) is 0 Å². The van der Waals surface area contributed by atoms with Gasteiger partial charge in [0.25, 0.3) is 5.91 Å². The van der Waals surface area contributed by atoms with Gasteiger partial charge in [0.15, 0.2) is 5.92 Å². The molecule has 2 amide bonds. The third-order valence-corrected chi connectivity index (χ3v) is 7.56. The number of benzene rings is 2. The van der Waals surface area contributed by atoms with Gasteiger partial charge in [0.05, 0.1) is 17.2 Å². The van der Waals surface area contributed by atoms with Gasteiger partial charge in [-0.15, -0.1) is 0 Å². The highest BCUT2D eigenvalue weighted by Gasteiger charge is 2.48. The highest BCUT2D eigenvalue weighted by atomic mass is 35.5. The number of ether oxygens (including phenoxy) is 1. The van der Waals surface area contributed by atoms with Crippen molar-refractivity contribution >= 4 is 23.4 Å². The van der Waals surface area contributed by atoms with Gasteiger partial charge in [-0.05, 0) is 60.8 Å². The second-order valence-electron chi connectivity index (χ2n) is 10.5. The fourth-order valence-electron chi connectivity index (χ4n) is 5.12. The molecular formula is C29H36ClF3N2O3. The summed E-state index contributed by atoms with van der Waals surface area (Å²) in [5, 5.41) is 0.337. The molecule has 1 saturated heterocycles. The Kier molecular flexibility index (Phi) is 10.1. The zero-order valence-electron chi connectivity index (χ0n) is 22.3. The number of amides is 2. The van der Waals surface area contributed by atoms with Crippen LogP contribution in [0, 0.1) is 17.8 Å². The van der Waals surface area contributed by atoms with E-state index in [-0.39, 0.29) is 17.4 Å². The van der Waals surface area contributed by atoms with Crippen LogP contribution in [0.5, 0.6) is 5.75 Å². The van der Waals surface area contributed by atoms with Crippen LogP contribution < -0.4 is 4.74 Å². The van der Waals surface area contributed by atoms with E-state index in [2.05, 4.69) is 13.8 Å². The average molecular weight is 553 g/mol. The summed E-state index contributed by atoms with van der Waals surface area (Å²) in [4.78, 5) is 27.9. The first kappa shape index (κ1) is 29.8. The third kappa shape index (κ3) is 7.65. The first-order chi connectivity index (χ1) is 17.9. The third-order valence-electron chi connectivity index (χ3n) is 7.25. The lowest BCUT2D eigenvalue weighted by Gasteiger charge is -2.37. The normalized spacial score (nSPS) is 17.0. The van der Waals surface area contributed by atoms with Crippen molar-refractivity contribution in [2.24, 2.45) is 17.8 Å². The lowest BCUT2D eigenvalue weighted by atomic mass is 9.80. The predicted molar refractivity (Wildman–Crippen MR) is 142 cm³/mol. The molecule has 9 heteroatoms. The van der Waals surface area contributed by atoms with Crippen LogP contribution in [0.15, 0.2) is 48.5 Å². The molecule has 3 atom stereocenters. The first-order valence-electron chi connectivity index (χ1n) is 12.9. The quantitative estimate of drug-likeness (QED) is 0.349. The summed E-state index contributed by atoms with van der Waals surface area (Å²) in [5.41, 5.74) is 0.398. The van der Waals surface area contributed by atoms with Crippen LogP contribution in [-0.4, -0.2) is 61.6 Å². The van der Waals surface area contributed by atoms with Crippen molar-refractivity contribution in [1.29, 1.82) is 0 Å². The number of hydrogen-bond acceptors (Lipinski definition) is 3. The van der Waals surface area contributed by atoms with Crippen molar-refractivity contribution in [2.75, 3.05) is 33.8 Å². The number of hydrogen-bond donors (Lipinski definition) is 0. The molecule has 208 valence electrons. The number of halogens is 4. The highest BCUT2D eigenvalue weighted by Crippen LogP contribution is 2.38. The summed E-state index contributed by atoms with van der Waals surface area (Å²) in [6.45, 7) is 5.38. The van der Waals surface area contributed by atoms with Gasteiger partial charge >= 0.3 is 6.18 Å². The molecule has 2 aromatic rings. The Bertz CT molecular complexity index is 1090. The molecule has 0 spiro atoms. The molecule has 0 saturated carbocycles. The van der Waals surface area contributed by atoms with E-state index in [0.29, 0.717) is 60.7 Å². The Hall–Kier alpha value is -2.74. The molecule has 0 bridgehead atoms. The van der Waals surface area contributed by atoms with Crippen LogP contribution in [-0.2, 0) is 4.79 Å². The molecule has 0 radical (unpaired) electrons. The first-order valence-corrected chi connectivity index (χ1v) is 13.3. The van der Waals surface area contributed by atoms with E-state index in [1.54, 1.807) is 38.4 Å². The minimum Gasteiger partial charge on any atom is -0.493 e. The van der Waals surface area contributed by atoms with Crippen molar-refractivity contribution in [1.82, 2.24) is 9.80 Å². The molecule has 0 aliphatic carbocycles. The van der Waals surface area contributed by atoms with Crippen LogP contribution in [0.4, 0.5) is 13.2 Å². The predicted octanol–water partition coefficient (Wildman–Crippen LogP) is 6.67. The molecule has 2 aromatic carbocycles. The monoisotopic (exact) mass is 552 g/mol. The second kappa shape index (κ2) is 12.9. The maximum absolute atomic E-state index is 13.8. The standard InChI is InChI=1S/C29H36ClF3N2O3/c1-19(18-38-23-10-11-24(25(30)17-23)27(36)34(3)4)16-20(2)21-12-14-35(15-13-21)28(37)26(29(31,32)33)22-8-6-5-7-9-22/h5-11,17,19-21,26H,12-16,18H2,1-4H3/t19?,20?,26-/m0/s1. The Morgan fingerprint density at radius 1 is 1.08 bits per heavy atom. The van der Waals surface area contributed by atoms with Gasteiger partial charge in [-0.2, -0.15) is 13.2 Å². The van der Waals surface area contributed by atoms with Crippen LogP contribution in [0.1, 0.15) is 54.9 Å². The van der Waals surface area contributed by atoms with E-state index < -0.39 is 18.0 Å². The van der Waals surface area contributed by atoms with E-state index in [4.69, 9.17) is 16.3 Å². The maximum atomic E-state index is 13.8. The molecule has 0 aromatic heterocycles. The SMILES string of the molecule is CC(COc1ccc(C(=O)N(C)C)c(Cl)c1)CC(C)C1CCN(C(=O)[C@H](c2ccccc2)C(F)(F)F)CC1. The molecule has 1 aliphatic rings. The van der Waals surface area contributed by atoms with Gasteiger partial charge in [0, 0.05) is 27.2 Å². The Balaban J connectivity index is 1.49. The van der Waals surface area contributed by atoms with Gasteiger partial charge in [0.1, 0.15) is 5.75 Å². The van der Waals surface area contributed by atoms with Crippen LogP contribution in [0.25, 0.3) is 0 Å². The average Bonchev–Trinajstić information content (AvgIpc) is 2.87. The number of rotatable bonds is 9. The molecule has 0 N–H and O–H groups in total. The van der Waals surface area contributed by atoms with E-state index in [1.165, 1.54) is 34.1 Å². The summed E-state index contributed by atoms with van der Waals surface area (Å²) in [5.74, 6) is -1.68. The van der Waals surface area contributed by atoms with Crippen molar-refractivity contribution in [3.05, 3.63) is 64.7 Å². The fourth-order valence-corrected chi connectivity index (χ4v) is 5.37. The van der Waals surface area contributed by atoms with Gasteiger partial charge in [-0.25, -0.2) is 0 Å². The molecule has 3 rings (SSSR count). The lowest BCUT2D eigenvalue weighted by molar-refractivity contribution is -0.173. The van der Waals surface area contributed by atoms with Crippen LogP contribution in [0.3, 0.4) is 0 Å². The summed E-state index contributed by atoms with van der Waals surface area (Å²) < 4.78 is 47.3. The number of piperidine rings is 1. The minimum atomic E-state index is -4.63. The molecule has 2 unspecified atom stereocenters. The molecule has 5 nitrogen and oxygen atoms in total. The van der Waals surface area contributed by atoms with E-state index in [0.717, 1.165) is 6.42 Å². The number of likely N-dealkylation sites (tertiary alicyclic amines) is 1. The van der Waals surface area contributed by atoms with Crippen molar-refractivity contribution in [3.8, 4) is 5.75 Å². The summed E-state index contributed by atoms with van der Waals surface area (Å²) >= 11 is 6.26. The summed E-state index contributed by atoms with van der Waals surface area (Å²) in [6, 6.07) is 12.4. The zero-order valence-corrected chi connectivity index (χ0v) is 23.1. The van der Waals surface area contributed by atoms with Crippen molar-refractivity contribution < 1.29 is 27.5 Å². The van der Waals surface area contributed by atoms with Crippen LogP contribution >= 0.6 is 11.6 Å². The molecule has 1 fully saturated rings. The summed E-state index contributed by atoms with van der Waals surface area (Å²) in [7, 11) is 3.33. The second-order valence-corrected chi connectivity index (χ2v) is 10.9. The number of carbonyl (C=O) groups is 2. The Labute approximate surface area is 227 Å². The Morgan fingerprint density at radius 2 is 1.71 bits per heavy atom. The van der Waals surface area contributed by atoms with Gasteiger partial charge in [-0.3, -0.25) is 9.59 Å². The highest BCUT2D eigenvalue weighted by molar-refractivity contribution is 6.34. The van der Waals surface area contributed by atoms with E-state index >= 15 is 0 Å². The molecular weight excluding hydrogens is 517 g/mol. The minimum absolute atomic E-state index is 0.0189. The Morgan fingerprint density at radius 3 is 2.26 bits per heavy atom. The van der Waals surface area contributed by atoms with Crippen LogP contribution in [0.2, 0.25) is 5.02 Å². The number of alkyl halides is 3. The largest absolute Gasteiger partial charge is 0.493 e.